The van der Waals surface area contributed by atoms with Gasteiger partial charge in [0.25, 0.3) is 5.56 Å². The molecule has 29 heavy (non-hydrogen) atoms. The van der Waals surface area contributed by atoms with E-state index in [1.807, 2.05) is 13.8 Å². The summed E-state index contributed by atoms with van der Waals surface area (Å²) < 4.78 is 15.1. The van der Waals surface area contributed by atoms with Gasteiger partial charge in [-0.05, 0) is 67.3 Å². The number of fused-ring (bicyclic) bond motifs is 1. The van der Waals surface area contributed by atoms with E-state index in [1.54, 1.807) is 41.0 Å². The Morgan fingerprint density at radius 3 is 2.28 bits per heavy atom. The van der Waals surface area contributed by atoms with Crippen LogP contribution in [0.4, 0.5) is 4.39 Å². The average molecular weight is 392 g/mol. The SMILES string of the molecule is CC(C)n1c(-c2ccc(F)cc2)c(/C=C/C(=O)CC(=O)[O-])c2ccccc2c1=O. The monoisotopic (exact) mass is 392 g/mol. The van der Waals surface area contributed by atoms with Gasteiger partial charge in [0.15, 0.2) is 5.78 Å². The Bertz CT molecular complexity index is 1170. The Labute approximate surface area is 166 Å². The summed E-state index contributed by atoms with van der Waals surface area (Å²) in [5.41, 5.74) is 1.51. The molecule has 0 unspecified atom stereocenters. The third-order valence-corrected chi connectivity index (χ3v) is 4.55. The summed E-state index contributed by atoms with van der Waals surface area (Å²) in [6.45, 7) is 3.72. The number of nitrogens with zero attached hydrogens (tertiary/aromatic N) is 1. The number of aromatic nitrogens is 1. The molecule has 0 saturated carbocycles. The lowest BCUT2D eigenvalue weighted by atomic mass is 9.97. The highest BCUT2D eigenvalue weighted by Gasteiger charge is 2.18. The molecular weight excluding hydrogens is 373 g/mol. The summed E-state index contributed by atoms with van der Waals surface area (Å²) in [5, 5.41) is 11.8. The van der Waals surface area contributed by atoms with Crippen molar-refractivity contribution < 1.29 is 19.1 Å². The molecule has 2 aromatic carbocycles. The highest BCUT2D eigenvalue weighted by Crippen LogP contribution is 2.31. The molecule has 0 aliphatic rings. The summed E-state index contributed by atoms with van der Waals surface area (Å²) in [6.07, 6.45) is 1.94. The summed E-state index contributed by atoms with van der Waals surface area (Å²) in [6, 6.07) is 12.5. The van der Waals surface area contributed by atoms with Gasteiger partial charge >= 0.3 is 0 Å². The van der Waals surface area contributed by atoms with E-state index >= 15 is 0 Å². The number of halogens is 1. The highest BCUT2D eigenvalue weighted by molar-refractivity contribution is 6.05. The second-order valence-electron chi connectivity index (χ2n) is 6.93. The predicted octanol–water partition coefficient (Wildman–Crippen LogP) is 3.11. The summed E-state index contributed by atoms with van der Waals surface area (Å²) in [5.74, 6) is -2.49. The Hall–Kier alpha value is -3.54. The number of hydrogen-bond donors (Lipinski definition) is 0. The number of hydrogen-bond acceptors (Lipinski definition) is 4. The molecule has 0 N–H and O–H groups in total. The van der Waals surface area contributed by atoms with Gasteiger partial charge in [0.05, 0.1) is 12.1 Å². The number of rotatable bonds is 6. The third kappa shape index (κ3) is 4.16. The molecule has 3 rings (SSSR count). The maximum Gasteiger partial charge on any atom is 0.259 e. The van der Waals surface area contributed by atoms with Crippen molar-refractivity contribution >= 4 is 28.6 Å². The minimum absolute atomic E-state index is 0.201. The summed E-state index contributed by atoms with van der Waals surface area (Å²) >= 11 is 0. The summed E-state index contributed by atoms with van der Waals surface area (Å²) in [4.78, 5) is 35.8. The zero-order valence-electron chi connectivity index (χ0n) is 16.0. The quantitative estimate of drug-likeness (QED) is 0.477. The van der Waals surface area contributed by atoms with Crippen LogP contribution in [0, 0.1) is 5.82 Å². The molecule has 1 heterocycles. The van der Waals surface area contributed by atoms with E-state index in [0.717, 1.165) is 0 Å². The first kappa shape index (κ1) is 20.2. The molecule has 0 aliphatic heterocycles. The maximum atomic E-state index is 13.5. The molecule has 0 radical (unpaired) electrons. The maximum absolute atomic E-state index is 13.5. The minimum atomic E-state index is -1.46. The molecule has 0 fully saturated rings. The lowest BCUT2D eigenvalue weighted by Gasteiger charge is -2.21. The number of ketones is 1. The van der Waals surface area contributed by atoms with E-state index in [4.69, 9.17) is 0 Å². The van der Waals surface area contributed by atoms with Crippen molar-refractivity contribution in [3.63, 3.8) is 0 Å². The standard InChI is InChI=1S/C23H20FNO4/c1-14(2)25-22(15-7-9-16(24)10-8-15)19(12-11-17(26)13-21(27)28)18-5-3-4-6-20(18)23(25)29/h3-12,14H,13H2,1-2H3,(H,27,28)/p-1/b12-11+. The second kappa shape index (κ2) is 8.22. The normalized spacial score (nSPS) is 11.4. The Kier molecular flexibility index (Phi) is 5.73. The predicted molar refractivity (Wildman–Crippen MR) is 108 cm³/mol. The van der Waals surface area contributed by atoms with Crippen molar-refractivity contribution in [3.05, 3.63) is 76.3 Å². The van der Waals surface area contributed by atoms with Crippen LogP contribution in [0.3, 0.4) is 0 Å². The van der Waals surface area contributed by atoms with E-state index in [-0.39, 0.29) is 11.6 Å². The van der Waals surface area contributed by atoms with Crippen LogP contribution >= 0.6 is 0 Å². The van der Waals surface area contributed by atoms with Crippen molar-refractivity contribution in [1.82, 2.24) is 4.57 Å². The van der Waals surface area contributed by atoms with E-state index in [2.05, 4.69) is 0 Å². The van der Waals surface area contributed by atoms with Crippen molar-refractivity contribution in [2.75, 3.05) is 0 Å². The van der Waals surface area contributed by atoms with Gasteiger partial charge in [0, 0.05) is 23.0 Å². The van der Waals surface area contributed by atoms with Gasteiger partial charge in [-0.15, -0.1) is 0 Å². The molecule has 0 saturated heterocycles. The largest absolute Gasteiger partial charge is 0.550 e. The number of carboxylic acid groups (broad SMARTS) is 1. The molecule has 0 spiro atoms. The highest BCUT2D eigenvalue weighted by atomic mass is 19.1. The number of carbonyl (C=O) groups is 2. The molecule has 3 aromatic rings. The number of carbonyl (C=O) groups excluding carboxylic acids is 2. The molecule has 1 aromatic heterocycles. The first-order chi connectivity index (χ1) is 13.8. The Balaban J connectivity index is 2.38. The fraction of sp³-hybridized carbons (Fsp3) is 0.174. The van der Waals surface area contributed by atoms with Crippen LogP contribution in [-0.4, -0.2) is 16.3 Å². The van der Waals surface area contributed by atoms with Gasteiger partial charge in [0.2, 0.25) is 0 Å². The van der Waals surface area contributed by atoms with E-state index < -0.39 is 24.0 Å². The van der Waals surface area contributed by atoms with Crippen LogP contribution in [0.15, 0.2) is 59.4 Å². The van der Waals surface area contributed by atoms with Gasteiger partial charge in [0.1, 0.15) is 5.82 Å². The van der Waals surface area contributed by atoms with Gasteiger partial charge in [-0.25, -0.2) is 4.39 Å². The number of carboxylic acids is 1. The average Bonchev–Trinajstić information content (AvgIpc) is 2.67. The first-order valence-corrected chi connectivity index (χ1v) is 9.13. The smallest absolute Gasteiger partial charge is 0.259 e. The van der Waals surface area contributed by atoms with Gasteiger partial charge in [-0.3, -0.25) is 9.59 Å². The Morgan fingerprint density at radius 1 is 1.07 bits per heavy atom. The summed E-state index contributed by atoms with van der Waals surface area (Å²) in [7, 11) is 0. The minimum Gasteiger partial charge on any atom is -0.550 e. The van der Waals surface area contributed by atoms with E-state index in [0.29, 0.717) is 27.6 Å². The fourth-order valence-electron chi connectivity index (χ4n) is 3.33. The molecule has 0 atom stereocenters. The molecule has 6 heteroatoms. The van der Waals surface area contributed by atoms with E-state index in [9.17, 15) is 23.9 Å². The van der Waals surface area contributed by atoms with Gasteiger partial charge < -0.3 is 14.5 Å². The van der Waals surface area contributed by atoms with Crippen LogP contribution in [0.2, 0.25) is 0 Å². The number of pyridine rings is 1. The topological polar surface area (TPSA) is 79.2 Å². The molecule has 0 amide bonds. The number of aliphatic carboxylic acids is 1. The molecule has 0 aliphatic carbocycles. The van der Waals surface area contributed by atoms with Crippen LogP contribution in [0.25, 0.3) is 28.1 Å². The Morgan fingerprint density at radius 2 is 1.69 bits per heavy atom. The van der Waals surface area contributed by atoms with Crippen molar-refractivity contribution in [3.8, 4) is 11.3 Å². The van der Waals surface area contributed by atoms with E-state index in [1.165, 1.54) is 24.3 Å². The zero-order chi connectivity index (χ0) is 21.1. The number of allylic oxidation sites excluding steroid dienone is 1. The lowest BCUT2D eigenvalue weighted by molar-refractivity contribution is -0.304. The van der Waals surface area contributed by atoms with Crippen molar-refractivity contribution in [2.45, 2.75) is 26.3 Å². The van der Waals surface area contributed by atoms with Crippen molar-refractivity contribution in [2.24, 2.45) is 0 Å². The molecular formula is C23H19FNO4-. The molecule has 5 nitrogen and oxygen atoms in total. The first-order valence-electron chi connectivity index (χ1n) is 9.13. The second-order valence-corrected chi connectivity index (χ2v) is 6.93. The third-order valence-electron chi connectivity index (χ3n) is 4.55. The van der Waals surface area contributed by atoms with Gasteiger partial charge in [-0.1, -0.05) is 18.2 Å². The molecule has 148 valence electrons. The van der Waals surface area contributed by atoms with Crippen LogP contribution in [0.1, 0.15) is 31.9 Å². The van der Waals surface area contributed by atoms with Crippen molar-refractivity contribution in [1.29, 1.82) is 0 Å². The lowest BCUT2D eigenvalue weighted by Crippen LogP contribution is -2.25. The van der Waals surface area contributed by atoms with Gasteiger partial charge in [-0.2, -0.15) is 0 Å². The molecule has 0 bridgehead atoms. The van der Waals surface area contributed by atoms with Crippen LogP contribution < -0.4 is 10.7 Å². The number of benzene rings is 2. The fourth-order valence-corrected chi connectivity index (χ4v) is 3.33. The zero-order valence-corrected chi connectivity index (χ0v) is 16.0. The van der Waals surface area contributed by atoms with Crippen LogP contribution in [-0.2, 0) is 9.59 Å². The van der Waals surface area contributed by atoms with Crippen LogP contribution in [0.5, 0.6) is 0 Å².